The minimum Gasteiger partial charge on any atom is -0.495 e. The van der Waals surface area contributed by atoms with Gasteiger partial charge in [-0.25, -0.2) is 0 Å². The van der Waals surface area contributed by atoms with Gasteiger partial charge in [0.15, 0.2) is 6.61 Å². The molecule has 1 saturated heterocycles. The molecule has 0 unspecified atom stereocenters. The van der Waals surface area contributed by atoms with E-state index in [4.69, 9.17) is 21.1 Å². The standard InChI is InChI=1S/C20H19Br2ClN2O6/c1-30-12-3-2-8(23)4-11(12)24-13(26)7-31-14(27)6-25-19(28)15-9-5-10(16(15)20(25)29)18(22)17(9)21/h2-4,9-10,15-18H,5-7H2,1H3,(H,24,26)/t9-,10-,15-,16+,17-,18+/m1/s1. The highest BCUT2D eigenvalue weighted by molar-refractivity contribution is 9.12. The quantitative estimate of drug-likeness (QED) is 0.317. The Hall–Kier alpha value is -1.65. The molecule has 3 amide bonds. The van der Waals surface area contributed by atoms with E-state index in [1.807, 2.05) is 0 Å². The SMILES string of the molecule is COc1ccc(Cl)cc1NC(=O)COC(=O)CN1C(=O)[C@@H]2[C@H]3C[C@@H]([C@H](Br)[C@@H]3Br)[C@@H]2C1=O. The molecule has 31 heavy (non-hydrogen) atoms. The van der Waals surface area contributed by atoms with E-state index in [1.54, 1.807) is 12.1 Å². The van der Waals surface area contributed by atoms with Gasteiger partial charge >= 0.3 is 5.97 Å². The smallest absolute Gasteiger partial charge is 0.326 e. The van der Waals surface area contributed by atoms with Gasteiger partial charge in [0, 0.05) is 14.7 Å². The third-order valence-electron chi connectivity index (χ3n) is 6.17. The Bertz CT molecular complexity index is 928. The summed E-state index contributed by atoms with van der Waals surface area (Å²) in [5.41, 5.74) is 0.331. The molecular formula is C20H19Br2ClN2O6. The van der Waals surface area contributed by atoms with Gasteiger partial charge in [0.2, 0.25) is 11.8 Å². The van der Waals surface area contributed by atoms with Gasteiger partial charge in [0.25, 0.3) is 5.91 Å². The van der Waals surface area contributed by atoms with E-state index >= 15 is 0 Å². The molecule has 2 saturated carbocycles. The zero-order chi connectivity index (χ0) is 22.4. The zero-order valence-electron chi connectivity index (χ0n) is 16.3. The molecule has 8 nitrogen and oxygen atoms in total. The third-order valence-corrected chi connectivity index (χ3v) is 9.61. The predicted molar refractivity (Wildman–Crippen MR) is 118 cm³/mol. The number of hydrogen-bond donors (Lipinski definition) is 1. The van der Waals surface area contributed by atoms with Gasteiger partial charge in [0.05, 0.1) is 24.6 Å². The van der Waals surface area contributed by atoms with Gasteiger partial charge in [-0.05, 0) is 36.5 Å². The van der Waals surface area contributed by atoms with E-state index in [0.717, 1.165) is 11.3 Å². The number of carbonyl (C=O) groups is 4. The second-order valence-electron chi connectivity index (χ2n) is 7.82. The number of fused-ring (bicyclic) bond motifs is 5. The average molecular weight is 579 g/mol. The number of anilines is 1. The fraction of sp³-hybridized carbons (Fsp3) is 0.500. The molecule has 166 valence electrons. The number of nitrogens with zero attached hydrogens (tertiary/aromatic N) is 1. The molecule has 0 spiro atoms. The van der Waals surface area contributed by atoms with E-state index < -0.39 is 36.9 Å². The molecule has 6 atom stereocenters. The largest absolute Gasteiger partial charge is 0.495 e. The van der Waals surface area contributed by atoms with Gasteiger partial charge < -0.3 is 14.8 Å². The first-order valence-corrected chi connectivity index (χ1v) is 11.9. The number of ether oxygens (including phenoxy) is 2. The number of nitrogens with one attached hydrogen (secondary N) is 1. The number of alkyl halides is 2. The Kier molecular flexibility index (Phi) is 6.33. The molecular weight excluding hydrogens is 559 g/mol. The summed E-state index contributed by atoms with van der Waals surface area (Å²) in [4.78, 5) is 51.2. The molecule has 1 aromatic carbocycles. The topological polar surface area (TPSA) is 102 Å². The van der Waals surface area contributed by atoms with Gasteiger partial charge in [0.1, 0.15) is 12.3 Å². The number of hydrogen-bond acceptors (Lipinski definition) is 6. The maximum atomic E-state index is 12.8. The van der Waals surface area contributed by atoms with Crippen LogP contribution >= 0.6 is 43.5 Å². The highest BCUT2D eigenvalue weighted by atomic mass is 79.9. The minimum atomic E-state index is -0.826. The molecule has 1 aliphatic heterocycles. The van der Waals surface area contributed by atoms with Crippen LogP contribution in [-0.2, 0) is 23.9 Å². The number of halogens is 3. The van der Waals surface area contributed by atoms with E-state index in [1.165, 1.54) is 13.2 Å². The van der Waals surface area contributed by atoms with Crippen LogP contribution in [0.5, 0.6) is 5.75 Å². The number of esters is 1. The van der Waals surface area contributed by atoms with Crippen molar-refractivity contribution in [3.05, 3.63) is 23.2 Å². The van der Waals surface area contributed by atoms with Crippen molar-refractivity contribution in [2.75, 3.05) is 25.6 Å². The fourth-order valence-electron chi connectivity index (χ4n) is 4.85. The molecule has 0 aromatic heterocycles. The molecule has 0 radical (unpaired) electrons. The lowest BCUT2D eigenvalue weighted by molar-refractivity contribution is -0.154. The Morgan fingerprint density at radius 3 is 2.35 bits per heavy atom. The van der Waals surface area contributed by atoms with Crippen molar-refractivity contribution in [3.8, 4) is 5.75 Å². The van der Waals surface area contributed by atoms with Crippen molar-refractivity contribution in [3.63, 3.8) is 0 Å². The monoisotopic (exact) mass is 576 g/mol. The maximum Gasteiger partial charge on any atom is 0.326 e. The number of methoxy groups -OCH3 is 1. The first kappa shape index (κ1) is 22.5. The molecule has 1 N–H and O–H groups in total. The van der Waals surface area contributed by atoms with E-state index in [-0.39, 0.29) is 33.3 Å². The summed E-state index contributed by atoms with van der Waals surface area (Å²) in [7, 11) is 1.44. The van der Waals surface area contributed by atoms with Gasteiger partial charge in [-0.2, -0.15) is 0 Å². The van der Waals surface area contributed by atoms with Crippen LogP contribution in [0.2, 0.25) is 5.02 Å². The van der Waals surface area contributed by atoms with Crippen LogP contribution in [0.3, 0.4) is 0 Å². The maximum absolute atomic E-state index is 12.8. The average Bonchev–Trinajstić information content (AvgIpc) is 3.33. The van der Waals surface area contributed by atoms with Crippen LogP contribution in [0.1, 0.15) is 6.42 Å². The van der Waals surface area contributed by atoms with Gasteiger partial charge in [-0.15, -0.1) is 0 Å². The summed E-state index contributed by atoms with van der Waals surface area (Å²) < 4.78 is 10.1. The van der Waals surface area contributed by atoms with Crippen LogP contribution in [-0.4, -0.2) is 58.5 Å². The van der Waals surface area contributed by atoms with Gasteiger partial charge in [-0.3, -0.25) is 24.1 Å². The van der Waals surface area contributed by atoms with Crippen molar-refractivity contribution in [2.45, 2.75) is 16.1 Å². The highest BCUT2D eigenvalue weighted by Gasteiger charge is 2.66. The summed E-state index contributed by atoms with van der Waals surface area (Å²) in [6.07, 6.45) is 0.810. The van der Waals surface area contributed by atoms with Crippen LogP contribution in [0.25, 0.3) is 0 Å². The summed E-state index contributed by atoms with van der Waals surface area (Å²) in [6, 6.07) is 4.70. The molecule has 1 aromatic rings. The lowest BCUT2D eigenvalue weighted by Gasteiger charge is -2.28. The molecule has 1 heterocycles. The van der Waals surface area contributed by atoms with Crippen LogP contribution in [0.4, 0.5) is 5.69 Å². The normalized spacial score (nSPS) is 31.0. The number of likely N-dealkylation sites (tertiary alicyclic amines) is 1. The minimum absolute atomic E-state index is 0.0651. The van der Waals surface area contributed by atoms with E-state index in [2.05, 4.69) is 37.2 Å². The predicted octanol–water partition coefficient (Wildman–Crippen LogP) is 2.61. The summed E-state index contributed by atoms with van der Waals surface area (Å²) in [5.74, 6) is -2.38. The van der Waals surface area contributed by atoms with E-state index in [0.29, 0.717) is 16.5 Å². The van der Waals surface area contributed by atoms with Crippen molar-refractivity contribution >= 4 is 72.8 Å². The lowest BCUT2D eigenvalue weighted by atomic mass is 9.81. The number of carbonyl (C=O) groups excluding carboxylic acids is 4. The summed E-state index contributed by atoms with van der Waals surface area (Å²) >= 11 is 13.2. The third kappa shape index (κ3) is 3.98. The van der Waals surface area contributed by atoms with Crippen LogP contribution < -0.4 is 10.1 Å². The second kappa shape index (κ2) is 8.71. The first-order chi connectivity index (χ1) is 14.7. The zero-order valence-corrected chi connectivity index (χ0v) is 20.3. The highest BCUT2D eigenvalue weighted by Crippen LogP contribution is 2.60. The Morgan fingerprint density at radius 2 is 1.77 bits per heavy atom. The molecule has 2 aliphatic carbocycles. The molecule has 4 rings (SSSR count). The van der Waals surface area contributed by atoms with Crippen molar-refractivity contribution in [2.24, 2.45) is 23.7 Å². The second-order valence-corrected chi connectivity index (χ2v) is 10.4. The molecule has 3 fully saturated rings. The molecule has 2 bridgehead atoms. The van der Waals surface area contributed by atoms with Crippen molar-refractivity contribution in [1.82, 2.24) is 4.90 Å². The summed E-state index contributed by atoms with van der Waals surface area (Å²) in [6.45, 7) is -1.08. The van der Waals surface area contributed by atoms with Crippen molar-refractivity contribution in [1.29, 1.82) is 0 Å². The number of imide groups is 1. The number of benzene rings is 1. The summed E-state index contributed by atoms with van der Waals surface area (Å²) in [5, 5.41) is 2.95. The van der Waals surface area contributed by atoms with Crippen LogP contribution in [0.15, 0.2) is 18.2 Å². The molecule has 11 heteroatoms. The van der Waals surface area contributed by atoms with Crippen molar-refractivity contribution < 1.29 is 28.7 Å². The number of amides is 3. The van der Waals surface area contributed by atoms with Gasteiger partial charge in [-0.1, -0.05) is 43.5 Å². The Balaban J connectivity index is 1.33. The number of rotatable bonds is 6. The Labute approximate surface area is 200 Å². The van der Waals surface area contributed by atoms with Crippen LogP contribution in [0, 0.1) is 23.7 Å². The molecule has 3 aliphatic rings. The van der Waals surface area contributed by atoms with E-state index in [9.17, 15) is 19.2 Å². The fourth-order valence-corrected chi connectivity index (χ4v) is 6.90. The Morgan fingerprint density at radius 1 is 1.16 bits per heavy atom. The first-order valence-electron chi connectivity index (χ1n) is 9.65. The lowest BCUT2D eigenvalue weighted by Crippen LogP contribution is -2.38.